The Morgan fingerprint density at radius 2 is 1.96 bits per heavy atom. The third kappa shape index (κ3) is 4.15. The van der Waals surface area contributed by atoms with Gasteiger partial charge in [-0.05, 0) is 49.3 Å². The molecule has 0 spiro atoms. The Labute approximate surface area is 144 Å². The smallest absolute Gasteiger partial charge is 0.223 e. The number of halogens is 1. The van der Waals surface area contributed by atoms with Crippen molar-refractivity contribution in [1.82, 2.24) is 4.90 Å². The van der Waals surface area contributed by atoms with Gasteiger partial charge in [0.05, 0.1) is 19.3 Å². The van der Waals surface area contributed by atoms with Gasteiger partial charge in [-0.25, -0.2) is 4.39 Å². The van der Waals surface area contributed by atoms with E-state index in [0.29, 0.717) is 32.1 Å². The Morgan fingerprint density at radius 1 is 1.25 bits per heavy atom. The summed E-state index contributed by atoms with van der Waals surface area (Å²) in [5.74, 6) is 0.734. The lowest BCUT2D eigenvalue weighted by molar-refractivity contribution is -0.139. The Kier molecular flexibility index (Phi) is 5.88. The third-order valence-electron chi connectivity index (χ3n) is 5.60. The predicted molar refractivity (Wildman–Crippen MR) is 92.3 cm³/mol. The highest BCUT2D eigenvalue weighted by molar-refractivity contribution is 5.77. The van der Waals surface area contributed by atoms with Gasteiger partial charge in [0.25, 0.3) is 0 Å². The van der Waals surface area contributed by atoms with Gasteiger partial charge in [-0.2, -0.15) is 0 Å². The van der Waals surface area contributed by atoms with E-state index in [1.807, 2.05) is 24.0 Å². The topological polar surface area (TPSA) is 29.5 Å². The van der Waals surface area contributed by atoms with E-state index in [2.05, 4.69) is 0 Å². The second-order valence-electron chi connectivity index (χ2n) is 7.27. The fourth-order valence-electron chi connectivity index (χ4n) is 4.21. The Hall–Kier alpha value is -1.42. The molecule has 2 fully saturated rings. The van der Waals surface area contributed by atoms with E-state index in [-0.39, 0.29) is 23.7 Å². The average molecular weight is 333 g/mol. The van der Waals surface area contributed by atoms with E-state index in [1.54, 1.807) is 0 Å². The molecule has 3 rings (SSSR count). The summed E-state index contributed by atoms with van der Waals surface area (Å²) in [6, 6.07) is 6.92. The molecule has 1 saturated heterocycles. The van der Waals surface area contributed by atoms with Gasteiger partial charge in [0.15, 0.2) is 0 Å². The molecule has 132 valence electrons. The third-order valence-corrected chi connectivity index (χ3v) is 5.60. The number of hydrogen-bond donors (Lipinski definition) is 0. The van der Waals surface area contributed by atoms with Crippen molar-refractivity contribution in [2.75, 3.05) is 19.8 Å². The molecule has 24 heavy (non-hydrogen) atoms. The number of rotatable bonds is 4. The number of ether oxygens (including phenoxy) is 1. The van der Waals surface area contributed by atoms with Crippen LogP contribution in [-0.2, 0) is 9.53 Å². The second-order valence-corrected chi connectivity index (χ2v) is 7.27. The van der Waals surface area contributed by atoms with Gasteiger partial charge >= 0.3 is 0 Å². The van der Waals surface area contributed by atoms with Crippen LogP contribution in [0.3, 0.4) is 0 Å². The predicted octanol–water partition coefficient (Wildman–Crippen LogP) is 4.13. The molecule has 2 unspecified atom stereocenters. The summed E-state index contributed by atoms with van der Waals surface area (Å²) >= 11 is 0. The van der Waals surface area contributed by atoms with E-state index >= 15 is 0 Å². The summed E-state index contributed by atoms with van der Waals surface area (Å²) in [4.78, 5) is 14.9. The van der Waals surface area contributed by atoms with Crippen LogP contribution in [0.25, 0.3) is 0 Å². The van der Waals surface area contributed by atoms with Crippen molar-refractivity contribution in [2.45, 2.75) is 57.4 Å². The molecule has 1 heterocycles. The highest BCUT2D eigenvalue weighted by atomic mass is 19.1. The molecular formula is C20H28FNO2. The van der Waals surface area contributed by atoms with E-state index in [4.69, 9.17) is 4.74 Å². The molecule has 0 radical (unpaired) electrons. The zero-order valence-electron chi connectivity index (χ0n) is 14.5. The zero-order chi connectivity index (χ0) is 16.9. The molecule has 2 aliphatic rings. The van der Waals surface area contributed by atoms with Crippen molar-refractivity contribution in [3.8, 4) is 0 Å². The van der Waals surface area contributed by atoms with Gasteiger partial charge in [0.1, 0.15) is 5.82 Å². The van der Waals surface area contributed by atoms with E-state index in [1.165, 1.54) is 44.2 Å². The van der Waals surface area contributed by atoms with Crippen molar-refractivity contribution in [1.29, 1.82) is 0 Å². The van der Waals surface area contributed by atoms with Crippen LogP contribution in [0.15, 0.2) is 24.3 Å². The molecule has 0 aromatic heterocycles. The quantitative estimate of drug-likeness (QED) is 0.829. The molecule has 3 nitrogen and oxygen atoms in total. The molecule has 0 bridgehead atoms. The zero-order valence-corrected chi connectivity index (χ0v) is 14.5. The Balaban J connectivity index is 1.76. The minimum absolute atomic E-state index is 0.145. The number of morpholine rings is 1. The van der Waals surface area contributed by atoms with Gasteiger partial charge in [-0.1, -0.05) is 31.4 Å². The standard InChI is InChI=1S/C20H28FNO2/c1-15-14-24-12-11-22(15)20(23)13-19(16-5-3-2-4-6-16)17-7-9-18(21)10-8-17/h7-10,15-16,19H,2-6,11-14H2,1H3. The maximum atomic E-state index is 13.3. The van der Waals surface area contributed by atoms with Crippen LogP contribution in [0.4, 0.5) is 4.39 Å². The normalized spacial score (nSPS) is 23.9. The summed E-state index contributed by atoms with van der Waals surface area (Å²) in [5, 5.41) is 0. The van der Waals surface area contributed by atoms with E-state index < -0.39 is 0 Å². The first-order valence-corrected chi connectivity index (χ1v) is 9.28. The highest BCUT2D eigenvalue weighted by Gasteiger charge is 2.31. The van der Waals surface area contributed by atoms with Gasteiger partial charge in [-0.3, -0.25) is 4.79 Å². The fourth-order valence-corrected chi connectivity index (χ4v) is 4.21. The largest absolute Gasteiger partial charge is 0.377 e. The van der Waals surface area contributed by atoms with Gasteiger partial charge in [0.2, 0.25) is 5.91 Å². The van der Waals surface area contributed by atoms with Crippen molar-refractivity contribution >= 4 is 5.91 Å². The maximum Gasteiger partial charge on any atom is 0.223 e. The molecule has 1 aromatic rings. The number of nitrogens with zero attached hydrogens (tertiary/aromatic N) is 1. The van der Waals surface area contributed by atoms with Crippen molar-refractivity contribution < 1.29 is 13.9 Å². The number of amides is 1. The first-order valence-electron chi connectivity index (χ1n) is 9.28. The number of carbonyl (C=O) groups is 1. The Bertz CT molecular complexity index is 539. The lowest BCUT2D eigenvalue weighted by atomic mass is 9.75. The molecule has 1 aromatic carbocycles. The van der Waals surface area contributed by atoms with Gasteiger partial charge in [0, 0.05) is 13.0 Å². The van der Waals surface area contributed by atoms with Crippen LogP contribution in [0, 0.1) is 11.7 Å². The molecule has 1 amide bonds. The number of carbonyl (C=O) groups excluding carboxylic acids is 1. The van der Waals surface area contributed by atoms with Crippen LogP contribution >= 0.6 is 0 Å². The summed E-state index contributed by atoms with van der Waals surface area (Å²) in [6.45, 7) is 3.97. The van der Waals surface area contributed by atoms with Crippen molar-refractivity contribution in [3.05, 3.63) is 35.6 Å². The second kappa shape index (κ2) is 8.11. The Morgan fingerprint density at radius 3 is 2.62 bits per heavy atom. The minimum atomic E-state index is -0.214. The summed E-state index contributed by atoms with van der Waals surface area (Å²) in [6.07, 6.45) is 6.65. The SMILES string of the molecule is CC1COCCN1C(=O)CC(c1ccc(F)cc1)C1CCCCC1. The molecular weight excluding hydrogens is 305 g/mol. The van der Waals surface area contributed by atoms with Gasteiger partial charge < -0.3 is 9.64 Å². The molecule has 2 atom stereocenters. The molecule has 1 aliphatic heterocycles. The molecule has 0 N–H and O–H groups in total. The van der Waals surface area contributed by atoms with E-state index in [9.17, 15) is 9.18 Å². The maximum absolute atomic E-state index is 13.3. The fraction of sp³-hybridized carbons (Fsp3) is 0.650. The number of benzene rings is 1. The molecule has 1 saturated carbocycles. The van der Waals surface area contributed by atoms with Crippen molar-refractivity contribution in [2.24, 2.45) is 5.92 Å². The molecule has 4 heteroatoms. The molecule has 1 aliphatic carbocycles. The van der Waals surface area contributed by atoms with Crippen LogP contribution in [-0.4, -0.2) is 36.6 Å². The highest BCUT2D eigenvalue weighted by Crippen LogP contribution is 2.38. The minimum Gasteiger partial charge on any atom is -0.377 e. The van der Waals surface area contributed by atoms with Crippen LogP contribution in [0.2, 0.25) is 0 Å². The lowest BCUT2D eigenvalue weighted by Gasteiger charge is -2.36. The first-order chi connectivity index (χ1) is 11.6. The average Bonchev–Trinajstić information content (AvgIpc) is 2.61. The van der Waals surface area contributed by atoms with Crippen LogP contribution in [0.5, 0.6) is 0 Å². The lowest BCUT2D eigenvalue weighted by Crippen LogP contribution is -2.47. The summed E-state index contributed by atoms with van der Waals surface area (Å²) in [7, 11) is 0. The van der Waals surface area contributed by atoms with E-state index in [0.717, 1.165) is 5.56 Å². The summed E-state index contributed by atoms with van der Waals surface area (Å²) in [5.41, 5.74) is 1.11. The van der Waals surface area contributed by atoms with Crippen LogP contribution < -0.4 is 0 Å². The first kappa shape index (κ1) is 17.4. The van der Waals surface area contributed by atoms with Crippen LogP contribution in [0.1, 0.15) is 56.9 Å². The number of hydrogen-bond acceptors (Lipinski definition) is 2. The van der Waals surface area contributed by atoms with Crippen molar-refractivity contribution in [3.63, 3.8) is 0 Å². The summed E-state index contributed by atoms with van der Waals surface area (Å²) < 4.78 is 18.8. The monoisotopic (exact) mass is 333 g/mol. The van der Waals surface area contributed by atoms with Gasteiger partial charge in [-0.15, -0.1) is 0 Å².